The standard InChI is InChI=1S/2C10H10O2.2C3H7.Sn/c2*1-8(11)7-10(12)9-5-3-2-4-6-9;2*1-3-2;/h2*2-7,12H,1H3;2*1,3H2,2H3;/b2*10-7-;;;. The molecule has 0 amide bonds. The van der Waals surface area contributed by atoms with Gasteiger partial charge in [0.25, 0.3) is 0 Å². The van der Waals surface area contributed by atoms with E-state index < -0.39 is 0 Å². The molecule has 0 atom stereocenters. The first-order valence-corrected chi connectivity index (χ1v) is 14.5. The number of hydrogen-bond acceptors (Lipinski definition) is 4. The van der Waals surface area contributed by atoms with E-state index in [1.54, 1.807) is 57.4 Å². The van der Waals surface area contributed by atoms with Crippen LogP contribution in [0, 0.1) is 0 Å². The molecule has 0 aliphatic carbocycles. The molecule has 2 rings (SSSR count). The zero-order valence-electron chi connectivity index (χ0n) is 19.0. The number of rotatable bonds is 8. The number of benzene rings is 2. The van der Waals surface area contributed by atoms with Crippen molar-refractivity contribution < 1.29 is 19.8 Å². The molecule has 0 fully saturated rings. The van der Waals surface area contributed by atoms with E-state index in [9.17, 15) is 19.8 Å². The Bertz CT molecular complexity index is 742. The predicted molar refractivity (Wildman–Crippen MR) is 131 cm³/mol. The van der Waals surface area contributed by atoms with E-state index in [-0.39, 0.29) is 44.2 Å². The first kappa shape index (κ1) is 28.7. The minimum absolute atomic E-state index is 0.0168. The summed E-state index contributed by atoms with van der Waals surface area (Å²) in [4.78, 5) is 21.2. The van der Waals surface area contributed by atoms with Gasteiger partial charge in [-0.3, -0.25) is 9.59 Å². The Balaban J connectivity index is 0.000000454. The van der Waals surface area contributed by atoms with Crippen LogP contribution < -0.4 is 0 Å². The summed E-state index contributed by atoms with van der Waals surface area (Å²) in [7, 11) is 0. The third-order valence-corrected chi connectivity index (χ3v) is 8.54. The van der Waals surface area contributed by atoms with Crippen LogP contribution in [0.5, 0.6) is 0 Å². The van der Waals surface area contributed by atoms with Crippen molar-refractivity contribution >= 4 is 44.2 Å². The van der Waals surface area contributed by atoms with E-state index >= 15 is 0 Å². The SMILES string of the molecule is CC(=O)/C=C(\O)c1ccccc1.CC(=O)/C=C(\O)c1ccccc1.CC[CH2][Sn][CH2]CC. The Morgan fingerprint density at radius 1 is 0.710 bits per heavy atom. The molecule has 0 aliphatic rings. The molecule has 4 nitrogen and oxygen atoms in total. The van der Waals surface area contributed by atoms with Gasteiger partial charge in [-0.15, -0.1) is 0 Å². The van der Waals surface area contributed by atoms with Gasteiger partial charge in [0.15, 0.2) is 11.6 Å². The summed E-state index contributed by atoms with van der Waals surface area (Å²) in [5.41, 5.74) is 1.32. The molecular weight excluding hydrogens is 495 g/mol. The van der Waals surface area contributed by atoms with Crippen LogP contribution in [-0.2, 0) is 9.59 Å². The number of aliphatic hydroxyl groups is 2. The predicted octanol–water partition coefficient (Wildman–Crippen LogP) is 6.70. The fourth-order valence-corrected chi connectivity index (χ4v) is 4.98. The molecular formula is C26H34O4Sn. The summed E-state index contributed by atoms with van der Waals surface area (Å²) in [5.74, 6) is -0.279. The first-order chi connectivity index (χ1) is 14.8. The molecule has 0 bridgehead atoms. The summed E-state index contributed by atoms with van der Waals surface area (Å²) in [6.07, 6.45) is 5.28. The molecule has 2 aromatic carbocycles. The second-order valence-electron chi connectivity index (χ2n) is 6.76. The van der Waals surface area contributed by atoms with E-state index in [1.165, 1.54) is 38.8 Å². The number of hydrogen-bond donors (Lipinski definition) is 2. The van der Waals surface area contributed by atoms with Crippen molar-refractivity contribution in [3.05, 3.63) is 83.9 Å². The first-order valence-electron chi connectivity index (χ1n) is 10.5. The normalized spacial score (nSPS) is 10.8. The van der Waals surface area contributed by atoms with Crippen LogP contribution in [0.25, 0.3) is 11.5 Å². The van der Waals surface area contributed by atoms with E-state index in [0.29, 0.717) is 11.1 Å². The molecule has 0 spiro atoms. The van der Waals surface area contributed by atoms with Gasteiger partial charge in [-0.25, -0.2) is 0 Å². The van der Waals surface area contributed by atoms with Gasteiger partial charge in [-0.05, 0) is 13.8 Å². The van der Waals surface area contributed by atoms with Crippen molar-refractivity contribution in [1.29, 1.82) is 0 Å². The zero-order chi connectivity index (χ0) is 23.5. The van der Waals surface area contributed by atoms with Crippen LogP contribution in [0.2, 0.25) is 8.87 Å². The van der Waals surface area contributed by atoms with Gasteiger partial charge < -0.3 is 10.2 Å². The van der Waals surface area contributed by atoms with Crippen molar-refractivity contribution in [1.82, 2.24) is 0 Å². The Morgan fingerprint density at radius 3 is 1.29 bits per heavy atom. The van der Waals surface area contributed by atoms with Gasteiger partial charge >= 0.3 is 56.7 Å². The van der Waals surface area contributed by atoms with Gasteiger partial charge in [0, 0.05) is 23.3 Å². The maximum atomic E-state index is 10.6. The Kier molecular flexibility index (Phi) is 17.0. The van der Waals surface area contributed by atoms with Crippen LogP contribution >= 0.6 is 0 Å². The molecule has 2 radical (unpaired) electrons. The number of carbonyl (C=O) groups excluding carboxylic acids is 2. The van der Waals surface area contributed by atoms with Crippen LogP contribution in [-0.4, -0.2) is 42.9 Å². The number of carbonyl (C=O) groups is 2. The summed E-state index contributed by atoms with van der Waals surface area (Å²) in [5, 5.41) is 18.7. The quantitative estimate of drug-likeness (QED) is 0.173. The van der Waals surface area contributed by atoms with Crippen LogP contribution in [0.1, 0.15) is 51.7 Å². The topological polar surface area (TPSA) is 74.6 Å². The minimum atomic E-state index is -0.156. The second kappa shape index (κ2) is 18.4. The summed E-state index contributed by atoms with van der Waals surface area (Å²) < 4.78 is 3.19. The summed E-state index contributed by atoms with van der Waals surface area (Å²) in [6.45, 7) is 7.38. The van der Waals surface area contributed by atoms with Crippen molar-refractivity contribution in [3.63, 3.8) is 0 Å². The fraction of sp³-hybridized carbons (Fsp3) is 0.308. The number of aliphatic hydroxyl groups excluding tert-OH is 2. The number of ketones is 2. The van der Waals surface area contributed by atoms with Crippen molar-refractivity contribution in [3.8, 4) is 0 Å². The Labute approximate surface area is 196 Å². The number of allylic oxidation sites excluding steroid dienone is 2. The molecule has 2 aromatic rings. The van der Waals surface area contributed by atoms with E-state index in [1.807, 2.05) is 12.1 Å². The van der Waals surface area contributed by atoms with Crippen molar-refractivity contribution in [2.75, 3.05) is 0 Å². The molecule has 0 heterocycles. The molecule has 0 saturated carbocycles. The monoisotopic (exact) mass is 530 g/mol. The third kappa shape index (κ3) is 16.1. The summed E-state index contributed by atoms with van der Waals surface area (Å²) in [6, 6.07) is 17.9. The van der Waals surface area contributed by atoms with Gasteiger partial charge in [0.05, 0.1) is 0 Å². The van der Waals surface area contributed by atoms with Crippen LogP contribution in [0.3, 0.4) is 0 Å². The van der Waals surface area contributed by atoms with Crippen molar-refractivity contribution in [2.24, 2.45) is 0 Å². The van der Waals surface area contributed by atoms with E-state index in [4.69, 9.17) is 0 Å². The summed E-state index contributed by atoms with van der Waals surface area (Å²) >= 11 is 0.181. The van der Waals surface area contributed by atoms with E-state index in [0.717, 1.165) is 0 Å². The van der Waals surface area contributed by atoms with Crippen LogP contribution in [0.4, 0.5) is 0 Å². The van der Waals surface area contributed by atoms with Gasteiger partial charge in [0.2, 0.25) is 0 Å². The molecule has 31 heavy (non-hydrogen) atoms. The molecule has 0 unspecified atom stereocenters. The molecule has 0 saturated heterocycles. The van der Waals surface area contributed by atoms with Gasteiger partial charge in [0.1, 0.15) is 11.5 Å². The third-order valence-electron chi connectivity index (χ3n) is 3.67. The average molecular weight is 529 g/mol. The second-order valence-corrected chi connectivity index (χ2v) is 11.0. The molecule has 5 heteroatoms. The van der Waals surface area contributed by atoms with E-state index in [2.05, 4.69) is 13.8 Å². The zero-order valence-corrected chi connectivity index (χ0v) is 21.8. The molecule has 166 valence electrons. The van der Waals surface area contributed by atoms with Gasteiger partial charge in [-0.1, -0.05) is 60.7 Å². The van der Waals surface area contributed by atoms with Crippen molar-refractivity contribution in [2.45, 2.75) is 49.4 Å². The van der Waals surface area contributed by atoms with Gasteiger partial charge in [-0.2, -0.15) is 0 Å². The molecule has 2 N–H and O–H groups in total. The molecule has 0 aliphatic heterocycles. The Hall–Kier alpha value is -2.34. The fourth-order valence-electron chi connectivity index (χ4n) is 2.25. The van der Waals surface area contributed by atoms with Crippen LogP contribution in [0.15, 0.2) is 72.8 Å². The average Bonchev–Trinajstić information content (AvgIpc) is 2.75. The Morgan fingerprint density at radius 2 is 1.03 bits per heavy atom. The maximum absolute atomic E-state index is 10.6. The molecule has 0 aromatic heterocycles.